The zero-order valence-corrected chi connectivity index (χ0v) is 43.8. The maximum atomic E-state index is 14.5. The Morgan fingerprint density at radius 3 is 1.59 bits per heavy atom. The Morgan fingerprint density at radius 1 is 0.662 bits per heavy atom. The van der Waals surface area contributed by atoms with Crippen molar-refractivity contribution in [2.45, 2.75) is 88.2 Å². The fraction of sp³-hybridized carbons (Fsp3) is 0.458. The van der Waals surface area contributed by atoms with Gasteiger partial charge in [0.05, 0.1) is 54.8 Å². The van der Waals surface area contributed by atoms with Crippen LogP contribution in [0.15, 0.2) is 65.8 Å². The Labute approximate surface area is 413 Å². The maximum Gasteiger partial charge on any atom is 0.501 e. The molecule has 7 rings (SSSR count). The number of nitrogens with two attached hydrogens (primary N) is 1. The van der Waals surface area contributed by atoms with E-state index in [1.54, 1.807) is 30.5 Å². The van der Waals surface area contributed by atoms with Gasteiger partial charge in [-0.3, -0.25) is 29.0 Å². The van der Waals surface area contributed by atoms with Crippen LogP contribution in [0.4, 0.5) is 30.2 Å². The lowest BCUT2D eigenvalue weighted by atomic mass is 10.0. The Bertz CT molecular complexity index is 2760. The van der Waals surface area contributed by atoms with Crippen LogP contribution in [-0.4, -0.2) is 130 Å². The first-order chi connectivity index (χ1) is 33.3. The third-order valence-electron chi connectivity index (χ3n) is 12.4. The highest BCUT2D eigenvalue weighted by atomic mass is 32.2. The van der Waals surface area contributed by atoms with Gasteiger partial charge in [0.1, 0.15) is 25.5 Å². The third kappa shape index (κ3) is 11.4. The fourth-order valence-corrected chi connectivity index (χ4v) is 10.8. The van der Waals surface area contributed by atoms with E-state index in [2.05, 4.69) is 39.3 Å². The number of nitrogens with zero attached hydrogens (tertiary/aromatic N) is 4. The second kappa shape index (κ2) is 20.7. The average molecular weight is 1040 g/mol. The van der Waals surface area contributed by atoms with Crippen LogP contribution in [-0.2, 0) is 28.9 Å². The van der Waals surface area contributed by atoms with E-state index in [9.17, 15) is 40.8 Å². The SMILES string of the molecule is COc1cc2c(cc1OCCCOc1cc3c(cc1OC)C(=O)N1C=C(S(=O)(=O)C(F)(F)F)C[C@H]1C(=O)N3COCC[Si](C)(C)C)N(COCC[Si](C)(C)C)C(=O)[C@@H]1CC(c3cccc(N)c3)=CN1C2=O. The smallest absolute Gasteiger partial charge is 0.493 e. The van der Waals surface area contributed by atoms with Crippen molar-refractivity contribution in [1.29, 1.82) is 0 Å². The molecule has 2 N–H and O–H groups in total. The van der Waals surface area contributed by atoms with Gasteiger partial charge in [-0.1, -0.05) is 51.4 Å². The Kier molecular flexibility index (Phi) is 15.4. The molecular formula is C48H60F3N5O12SSi2. The van der Waals surface area contributed by atoms with Crippen molar-refractivity contribution in [3.63, 3.8) is 0 Å². The second-order valence-corrected chi connectivity index (χ2v) is 33.2. The van der Waals surface area contributed by atoms with E-state index in [1.807, 2.05) is 12.1 Å². The van der Waals surface area contributed by atoms with Gasteiger partial charge in [-0.25, -0.2) is 8.42 Å². The summed E-state index contributed by atoms with van der Waals surface area (Å²) in [6.45, 7) is 13.3. The Morgan fingerprint density at radius 2 is 1.14 bits per heavy atom. The molecule has 4 aliphatic rings. The number of benzene rings is 3. The van der Waals surface area contributed by atoms with Crippen LogP contribution in [0.1, 0.15) is 45.5 Å². The number of halogens is 3. The number of rotatable bonds is 20. The number of anilines is 3. The summed E-state index contributed by atoms with van der Waals surface area (Å²) in [7, 11) is -6.20. The summed E-state index contributed by atoms with van der Waals surface area (Å²) in [4.78, 5) is 60.8. The number of sulfone groups is 1. The van der Waals surface area contributed by atoms with E-state index in [0.29, 0.717) is 29.4 Å². The lowest BCUT2D eigenvalue weighted by molar-refractivity contribution is -0.123. The molecule has 0 saturated heterocycles. The van der Waals surface area contributed by atoms with Gasteiger partial charge in [-0.2, -0.15) is 13.2 Å². The van der Waals surface area contributed by atoms with E-state index >= 15 is 0 Å². The Hall–Kier alpha value is -5.89. The fourth-order valence-electron chi connectivity index (χ4n) is 8.34. The zero-order chi connectivity index (χ0) is 51.8. The van der Waals surface area contributed by atoms with Gasteiger partial charge >= 0.3 is 5.51 Å². The molecule has 384 valence electrons. The van der Waals surface area contributed by atoms with Crippen molar-refractivity contribution in [3.05, 3.63) is 82.5 Å². The number of carbonyl (C=O) groups excluding carboxylic acids is 4. The third-order valence-corrected chi connectivity index (χ3v) is 17.4. The normalized spacial score (nSPS) is 18.4. The van der Waals surface area contributed by atoms with Crippen molar-refractivity contribution in [3.8, 4) is 23.0 Å². The molecule has 71 heavy (non-hydrogen) atoms. The minimum absolute atomic E-state index is 0.000441. The molecule has 4 amide bonds. The number of amides is 4. The molecule has 4 heterocycles. The molecule has 0 unspecified atom stereocenters. The van der Waals surface area contributed by atoms with Gasteiger partial charge in [0.2, 0.25) is 0 Å². The first-order valence-electron chi connectivity index (χ1n) is 23.1. The summed E-state index contributed by atoms with van der Waals surface area (Å²) in [6.07, 6.45) is 1.87. The molecule has 0 saturated carbocycles. The van der Waals surface area contributed by atoms with Gasteiger partial charge in [-0.05, 0) is 47.5 Å². The molecule has 0 aromatic heterocycles. The van der Waals surface area contributed by atoms with E-state index in [1.165, 1.54) is 36.2 Å². The standard InChI is InChI=1S/C48H60F3N5O12SSi2/c1-63-40-22-34-36(55(28-65-15-17-70(3,4)5)46(59)38-20-31(26-53(38)44(34)57)30-11-9-12-32(52)19-30)24-42(40)67-13-10-14-68-43-25-37-35(23-41(43)64-2)45(58)54-27-33(69(61,62)48(49,50)51)21-39(54)47(60)56(37)29-66-16-18-71(6,7)8/h9,11-12,19,22-27,38-39H,10,13-18,20-21,28-29,52H2,1-8H3/t38-,39-/m0/s1. The van der Waals surface area contributed by atoms with Crippen molar-refractivity contribution >= 4 is 72.2 Å². The van der Waals surface area contributed by atoms with Gasteiger partial charge in [-0.15, -0.1) is 0 Å². The van der Waals surface area contributed by atoms with E-state index < -0.39 is 79.4 Å². The lowest BCUT2D eigenvalue weighted by Gasteiger charge is -2.27. The highest BCUT2D eigenvalue weighted by Gasteiger charge is 2.53. The van der Waals surface area contributed by atoms with E-state index in [4.69, 9.17) is 34.2 Å². The first kappa shape index (κ1) is 52.9. The molecule has 0 bridgehead atoms. The molecule has 3 aromatic carbocycles. The lowest BCUT2D eigenvalue weighted by Crippen LogP contribution is -2.45. The number of methoxy groups -OCH3 is 2. The average Bonchev–Trinajstić information content (AvgIpc) is 3.93. The summed E-state index contributed by atoms with van der Waals surface area (Å²) in [5, 5.41) is 0. The van der Waals surface area contributed by atoms with Crippen molar-refractivity contribution in [1.82, 2.24) is 9.80 Å². The summed E-state index contributed by atoms with van der Waals surface area (Å²) < 4.78 is 101. The number of hydrogen-bond donors (Lipinski definition) is 1. The van der Waals surface area contributed by atoms with Crippen LogP contribution >= 0.6 is 0 Å². The van der Waals surface area contributed by atoms with E-state index in [-0.39, 0.29) is 90.8 Å². The van der Waals surface area contributed by atoms with Gasteiger partial charge < -0.3 is 44.0 Å². The molecule has 23 heteroatoms. The number of nitrogen functional groups attached to an aromatic ring is 1. The molecule has 0 fully saturated rings. The number of ether oxygens (including phenoxy) is 6. The quantitative estimate of drug-likeness (QED) is 0.0657. The molecule has 0 spiro atoms. The van der Waals surface area contributed by atoms with Crippen LogP contribution in [0.3, 0.4) is 0 Å². The van der Waals surface area contributed by atoms with Crippen molar-refractivity contribution in [2.24, 2.45) is 0 Å². The molecule has 0 aliphatic carbocycles. The predicted molar refractivity (Wildman–Crippen MR) is 266 cm³/mol. The molecule has 2 atom stereocenters. The molecule has 0 radical (unpaired) electrons. The van der Waals surface area contributed by atoms with Crippen LogP contribution < -0.4 is 34.5 Å². The van der Waals surface area contributed by atoms with Crippen LogP contribution in [0, 0.1) is 0 Å². The summed E-state index contributed by atoms with van der Waals surface area (Å²) in [6, 6.07) is 12.2. The second-order valence-electron chi connectivity index (χ2n) is 20.0. The highest BCUT2D eigenvalue weighted by Crippen LogP contribution is 2.45. The minimum atomic E-state index is -5.85. The number of alkyl halides is 3. The number of hydrogen-bond acceptors (Lipinski definition) is 13. The molecule has 3 aromatic rings. The van der Waals surface area contributed by atoms with Gasteiger partial charge in [0.15, 0.2) is 23.0 Å². The monoisotopic (exact) mass is 1040 g/mol. The number of fused-ring (bicyclic) bond motifs is 4. The predicted octanol–water partition coefficient (Wildman–Crippen LogP) is 7.70. The van der Waals surface area contributed by atoms with Crippen molar-refractivity contribution < 1.29 is 69.2 Å². The minimum Gasteiger partial charge on any atom is -0.493 e. The zero-order valence-electron chi connectivity index (χ0n) is 41.0. The summed E-state index contributed by atoms with van der Waals surface area (Å²) in [5.41, 5.74) is 2.91. The van der Waals surface area contributed by atoms with Crippen LogP contribution in [0.2, 0.25) is 51.4 Å². The molecule has 17 nitrogen and oxygen atoms in total. The summed E-state index contributed by atoms with van der Waals surface area (Å²) >= 11 is 0. The van der Waals surface area contributed by atoms with Gasteiger partial charge in [0.25, 0.3) is 33.5 Å². The number of carbonyl (C=O) groups is 4. The largest absolute Gasteiger partial charge is 0.501 e. The first-order valence-corrected chi connectivity index (χ1v) is 31.9. The van der Waals surface area contributed by atoms with Crippen molar-refractivity contribution in [2.75, 3.05) is 69.6 Å². The Balaban J connectivity index is 1.12. The van der Waals surface area contributed by atoms with Crippen LogP contribution in [0.25, 0.3) is 5.57 Å². The molecule has 4 aliphatic heterocycles. The maximum absolute atomic E-state index is 14.5. The molecular weight excluding hydrogens is 984 g/mol. The van der Waals surface area contributed by atoms with Gasteiger partial charge in [0, 0.05) is 78.8 Å². The van der Waals surface area contributed by atoms with E-state index in [0.717, 1.165) is 22.1 Å². The highest BCUT2D eigenvalue weighted by molar-refractivity contribution is 7.96. The topological polar surface area (TPSA) is 197 Å². The summed E-state index contributed by atoms with van der Waals surface area (Å²) in [5.74, 6) is -1.91. The van der Waals surface area contributed by atoms with Crippen LogP contribution in [0.5, 0.6) is 23.0 Å².